The molecule has 0 bridgehead atoms. The van der Waals surface area contributed by atoms with Gasteiger partial charge in [-0.25, -0.2) is 0 Å². The van der Waals surface area contributed by atoms with Crippen molar-refractivity contribution < 1.29 is 4.52 Å². The molecule has 0 saturated heterocycles. The molecule has 0 saturated carbocycles. The molecule has 1 N–H and O–H groups in total. The molecule has 0 aromatic rings. The van der Waals surface area contributed by atoms with Gasteiger partial charge in [-0.05, 0) is 25.0 Å². The van der Waals surface area contributed by atoms with Crippen LogP contribution in [-0.4, -0.2) is 31.7 Å². The van der Waals surface area contributed by atoms with Crippen molar-refractivity contribution in [2.45, 2.75) is 6.92 Å². The Morgan fingerprint density at radius 1 is 1.75 bits per heavy atom. The molecule has 0 rings (SSSR count). The van der Waals surface area contributed by atoms with Crippen molar-refractivity contribution >= 4 is 35.2 Å². The summed E-state index contributed by atoms with van der Waals surface area (Å²) >= 11 is 6.78. The zero-order valence-electron chi connectivity index (χ0n) is 7.83. The Kier molecular flexibility index (Phi) is 6.19. The minimum atomic E-state index is -1.85. The van der Waals surface area contributed by atoms with Gasteiger partial charge in [0.15, 0.2) is 11.6 Å². The third kappa shape index (κ3) is 5.14. The van der Waals surface area contributed by atoms with E-state index in [1.165, 1.54) is 0 Å². The average Bonchev–Trinajstić information content (AvgIpc) is 2.00. The van der Waals surface area contributed by atoms with E-state index in [1.54, 1.807) is 18.8 Å². The minimum absolute atomic E-state index is 0.645. The van der Waals surface area contributed by atoms with Gasteiger partial charge in [0.1, 0.15) is 0 Å². The smallest absolute Gasteiger partial charge is 0.161 e. The van der Waals surface area contributed by atoms with Crippen LogP contribution in [0.3, 0.4) is 0 Å². The van der Waals surface area contributed by atoms with Crippen molar-refractivity contribution in [2.24, 2.45) is 4.99 Å². The number of hydrogen-bond donors (Lipinski definition) is 1. The van der Waals surface area contributed by atoms with Gasteiger partial charge in [-0.2, -0.15) is 0 Å². The van der Waals surface area contributed by atoms with Gasteiger partial charge in [0.05, 0.1) is 6.61 Å². The van der Waals surface area contributed by atoms with Gasteiger partial charge in [0, 0.05) is 13.7 Å². The number of nitrogens with zero attached hydrogens (tertiary/aromatic N) is 1. The first kappa shape index (κ1) is 12.4. The molecule has 6 heteroatoms. The lowest BCUT2D eigenvalue weighted by Crippen LogP contribution is -2.17. The predicted octanol–water partition coefficient (Wildman–Crippen LogP) is 1.90. The Morgan fingerprint density at radius 2 is 2.33 bits per heavy atom. The molecule has 0 aromatic carbocycles. The van der Waals surface area contributed by atoms with Gasteiger partial charge in [-0.3, -0.25) is 4.99 Å². The van der Waals surface area contributed by atoms with Crippen LogP contribution < -0.4 is 5.09 Å². The summed E-state index contributed by atoms with van der Waals surface area (Å²) in [4.78, 5) is 4.02. The second-order valence-electron chi connectivity index (χ2n) is 2.11. The number of hydrogen-bond acceptors (Lipinski definition) is 4. The van der Waals surface area contributed by atoms with Gasteiger partial charge >= 0.3 is 0 Å². The van der Waals surface area contributed by atoms with E-state index < -0.39 is 6.42 Å². The van der Waals surface area contributed by atoms with E-state index >= 15 is 0 Å². The number of amidine groups is 1. The molecule has 0 aromatic heterocycles. The Hall–Kier alpha value is 0.430. The Labute approximate surface area is 83.5 Å². The van der Waals surface area contributed by atoms with Gasteiger partial charge < -0.3 is 9.61 Å². The Balaban J connectivity index is 4.13. The van der Waals surface area contributed by atoms with Crippen LogP contribution in [0.1, 0.15) is 6.92 Å². The van der Waals surface area contributed by atoms with E-state index in [0.29, 0.717) is 6.61 Å². The predicted molar refractivity (Wildman–Crippen MR) is 61.8 cm³/mol. The van der Waals surface area contributed by atoms with Crippen molar-refractivity contribution in [2.75, 3.05) is 26.6 Å². The topological polar surface area (TPSA) is 33.6 Å². The van der Waals surface area contributed by atoms with Crippen LogP contribution in [0, 0.1) is 0 Å². The monoisotopic (exact) mass is 226 g/mol. The molecule has 0 radical (unpaired) electrons. The third-order valence-corrected chi connectivity index (χ3v) is 3.85. The quantitative estimate of drug-likeness (QED) is 0.453. The summed E-state index contributed by atoms with van der Waals surface area (Å²) in [5, 5.41) is 3.95. The van der Waals surface area contributed by atoms with Crippen molar-refractivity contribution in [3.05, 3.63) is 0 Å². The van der Waals surface area contributed by atoms with E-state index in [-0.39, 0.29) is 0 Å². The Bertz CT molecular complexity index is 208. The molecule has 0 heterocycles. The second kappa shape index (κ2) is 5.97. The molecule has 3 nitrogen and oxygen atoms in total. The maximum atomic E-state index is 5.38. The fraction of sp³-hybridized carbons (Fsp3) is 0.833. The zero-order valence-corrected chi connectivity index (χ0v) is 10.4. The summed E-state index contributed by atoms with van der Waals surface area (Å²) in [6.45, 7) is 4.49. The highest BCUT2D eigenvalue weighted by Gasteiger charge is 2.10. The second-order valence-corrected chi connectivity index (χ2v) is 7.17. The lowest BCUT2D eigenvalue weighted by molar-refractivity contribution is 0.376. The van der Waals surface area contributed by atoms with Crippen LogP contribution in [0.4, 0.5) is 0 Å². The maximum absolute atomic E-state index is 5.38. The van der Waals surface area contributed by atoms with Crippen LogP contribution >= 0.6 is 18.2 Å². The molecule has 0 fully saturated rings. The number of thioether (sulfide) groups is 1. The van der Waals surface area contributed by atoms with Crippen LogP contribution in [0.25, 0.3) is 0 Å². The first-order valence-electron chi connectivity index (χ1n) is 3.56. The van der Waals surface area contributed by atoms with E-state index in [9.17, 15) is 0 Å². The van der Waals surface area contributed by atoms with Crippen LogP contribution in [-0.2, 0) is 16.3 Å². The molecule has 0 aliphatic heterocycles. The van der Waals surface area contributed by atoms with E-state index in [2.05, 4.69) is 10.1 Å². The third-order valence-electron chi connectivity index (χ3n) is 1.07. The first-order chi connectivity index (χ1) is 5.55. The largest absolute Gasteiger partial charge is 0.334 e. The molecule has 0 spiro atoms. The molecular formula is C6H15N2OPS2. The summed E-state index contributed by atoms with van der Waals surface area (Å²) in [5.41, 5.74) is 0. The normalized spacial score (nSPS) is 17.2. The van der Waals surface area contributed by atoms with Crippen LogP contribution in [0.15, 0.2) is 4.99 Å². The Morgan fingerprint density at radius 3 is 2.67 bits per heavy atom. The highest BCUT2D eigenvalue weighted by atomic mass is 32.4. The van der Waals surface area contributed by atoms with Gasteiger partial charge in [0.25, 0.3) is 0 Å². The van der Waals surface area contributed by atoms with E-state index in [4.69, 9.17) is 16.3 Å². The molecule has 0 aliphatic carbocycles. The molecule has 12 heavy (non-hydrogen) atoms. The van der Waals surface area contributed by atoms with Gasteiger partial charge in [-0.15, -0.1) is 0 Å². The highest BCUT2D eigenvalue weighted by molar-refractivity contribution is 8.16. The molecular weight excluding hydrogens is 211 g/mol. The number of nitrogens with one attached hydrogen (secondary N) is 1. The first-order valence-corrected chi connectivity index (χ1v) is 7.96. The summed E-state index contributed by atoms with van der Waals surface area (Å²) < 4.78 is 5.38. The van der Waals surface area contributed by atoms with Gasteiger partial charge in [-0.1, -0.05) is 11.8 Å². The standard InChI is InChI=1S/C6H15N2OPS2/c1-5-9-10(3,11)8-6(7-2)12-4/h5H2,1-4H3,(H,7,8,11). The maximum Gasteiger partial charge on any atom is 0.161 e. The summed E-state index contributed by atoms with van der Waals surface area (Å²) in [5.74, 6) is 0. The molecule has 1 unspecified atom stereocenters. The van der Waals surface area contributed by atoms with Crippen molar-refractivity contribution in [1.29, 1.82) is 0 Å². The van der Waals surface area contributed by atoms with E-state index in [1.807, 2.05) is 19.8 Å². The zero-order chi connectivity index (χ0) is 9.61. The van der Waals surface area contributed by atoms with Crippen LogP contribution in [0.5, 0.6) is 0 Å². The molecule has 0 amide bonds. The lowest BCUT2D eigenvalue weighted by atomic mass is 10.9. The van der Waals surface area contributed by atoms with Crippen molar-refractivity contribution in [3.63, 3.8) is 0 Å². The van der Waals surface area contributed by atoms with Gasteiger partial charge in [0.2, 0.25) is 0 Å². The highest BCUT2D eigenvalue weighted by Crippen LogP contribution is 2.38. The fourth-order valence-electron chi connectivity index (χ4n) is 0.639. The summed E-state index contributed by atoms with van der Waals surface area (Å²) in [6.07, 6.45) is 0.105. The summed E-state index contributed by atoms with van der Waals surface area (Å²) in [7, 11) is 1.74. The van der Waals surface area contributed by atoms with E-state index in [0.717, 1.165) is 5.17 Å². The molecule has 72 valence electrons. The number of aliphatic imine (C=N–C) groups is 1. The SMILES string of the molecule is CCOP(C)(=S)NC(=NC)SC. The minimum Gasteiger partial charge on any atom is -0.334 e. The fourth-order valence-corrected chi connectivity index (χ4v) is 3.46. The summed E-state index contributed by atoms with van der Waals surface area (Å²) in [6, 6.07) is 0. The lowest BCUT2D eigenvalue weighted by Gasteiger charge is -2.18. The van der Waals surface area contributed by atoms with Crippen molar-refractivity contribution in [1.82, 2.24) is 5.09 Å². The average molecular weight is 226 g/mol. The molecule has 1 atom stereocenters. The molecule has 0 aliphatic rings. The number of rotatable bonds is 3. The van der Waals surface area contributed by atoms with Crippen LogP contribution in [0.2, 0.25) is 0 Å². The van der Waals surface area contributed by atoms with Crippen molar-refractivity contribution in [3.8, 4) is 0 Å².